The second-order valence-corrected chi connectivity index (χ2v) is 3.67. The van der Waals surface area contributed by atoms with Crippen molar-refractivity contribution < 1.29 is 4.39 Å². The zero-order valence-electron chi connectivity index (χ0n) is 8.69. The molecule has 0 aliphatic heterocycles. The summed E-state index contributed by atoms with van der Waals surface area (Å²) in [5.41, 5.74) is 7.74. The van der Waals surface area contributed by atoms with Crippen LogP contribution in [0.5, 0.6) is 0 Å². The van der Waals surface area contributed by atoms with Crippen molar-refractivity contribution in [2.24, 2.45) is 0 Å². The minimum Gasteiger partial charge on any atom is -0.396 e. The Morgan fingerprint density at radius 1 is 1.50 bits per heavy atom. The second-order valence-electron chi connectivity index (χ2n) is 3.67. The van der Waals surface area contributed by atoms with Crippen LogP contribution >= 0.6 is 0 Å². The lowest BCUT2D eigenvalue weighted by atomic mass is 9.93. The summed E-state index contributed by atoms with van der Waals surface area (Å²) in [5, 5.41) is 0. The molecule has 1 aromatic carbocycles. The van der Waals surface area contributed by atoms with Crippen molar-refractivity contribution >= 4 is 5.69 Å². The predicted octanol–water partition coefficient (Wildman–Crippen LogP) is 2.82. The van der Waals surface area contributed by atoms with Gasteiger partial charge >= 0.3 is 0 Å². The molecular formula is C12H14FN. The lowest BCUT2D eigenvalue weighted by Crippen LogP contribution is -2.02. The molecule has 0 atom stereocenters. The number of benzene rings is 1. The molecule has 0 aromatic heterocycles. The molecule has 0 radical (unpaired) electrons. The van der Waals surface area contributed by atoms with Crippen molar-refractivity contribution in [2.45, 2.75) is 26.7 Å². The SMILES string of the molecule is C#Cc1c(C(C)C)cc(N)c(F)c1C. The van der Waals surface area contributed by atoms with Crippen LogP contribution in [0.1, 0.15) is 36.5 Å². The Balaban J connectivity index is 3.54. The first-order chi connectivity index (χ1) is 6.49. The monoisotopic (exact) mass is 191 g/mol. The quantitative estimate of drug-likeness (QED) is 0.536. The van der Waals surface area contributed by atoms with Gasteiger partial charge in [0.05, 0.1) is 5.69 Å². The Bertz CT molecular complexity index is 400. The van der Waals surface area contributed by atoms with Gasteiger partial charge in [0.25, 0.3) is 0 Å². The van der Waals surface area contributed by atoms with Crippen LogP contribution < -0.4 is 5.73 Å². The molecular weight excluding hydrogens is 177 g/mol. The summed E-state index contributed by atoms with van der Waals surface area (Å²) >= 11 is 0. The van der Waals surface area contributed by atoms with Gasteiger partial charge in [0.2, 0.25) is 0 Å². The van der Waals surface area contributed by atoms with Gasteiger partial charge in [-0.1, -0.05) is 19.8 Å². The topological polar surface area (TPSA) is 26.0 Å². The average molecular weight is 191 g/mol. The number of hydrogen-bond acceptors (Lipinski definition) is 1. The lowest BCUT2D eigenvalue weighted by molar-refractivity contribution is 0.621. The van der Waals surface area contributed by atoms with Crippen LogP contribution in [-0.4, -0.2) is 0 Å². The zero-order valence-corrected chi connectivity index (χ0v) is 8.69. The van der Waals surface area contributed by atoms with Crippen molar-refractivity contribution in [3.8, 4) is 12.3 Å². The highest BCUT2D eigenvalue weighted by molar-refractivity contribution is 5.57. The average Bonchev–Trinajstić information content (AvgIpc) is 2.13. The number of nitrogens with two attached hydrogens (primary N) is 1. The molecule has 0 unspecified atom stereocenters. The summed E-state index contributed by atoms with van der Waals surface area (Å²) in [7, 11) is 0. The lowest BCUT2D eigenvalue weighted by Gasteiger charge is -2.13. The Hall–Kier alpha value is -1.49. The first-order valence-electron chi connectivity index (χ1n) is 4.54. The van der Waals surface area contributed by atoms with Crippen LogP contribution in [0.2, 0.25) is 0 Å². The van der Waals surface area contributed by atoms with Gasteiger partial charge in [0, 0.05) is 11.1 Å². The summed E-state index contributed by atoms with van der Waals surface area (Å²) < 4.78 is 13.4. The zero-order chi connectivity index (χ0) is 10.9. The van der Waals surface area contributed by atoms with Crippen molar-refractivity contribution in [1.29, 1.82) is 0 Å². The van der Waals surface area contributed by atoms with Gasteiger partial charge in [-0.3, -0.25) is 0 Å². The van der Waals surface area contributed by atoms with Gasteiger partial charge in [-0.25, -0.2) is 4.39 Å². The third-order valence-corrected chi connectivity index (χ3v) is 2.32. The second kappa shape index (κ2) is 3.71. The van der Waals surface area contributed by atoms with Gasteiger partial charge in [-0.15, -0.1) is 6.42 Å². The van der Waals surface area contributed by atoms with Gasteiger partial charge < -0.3 is 5.73 Å². The van der Waals surface area contributed by atoms with Crippen molar-refractivity contribution in [1.82, 2.24) is 0 Å². The number of terminal acetylenes is 1. The van der Waals surface area contributed by atoms with E-state index in [9.17, 15) is 4.39 Å². The first kappa shape index (κ1) is 10.6. The van der Waals surface area contributed by atoms with E-state index in [1.54, 1.807) is 13.0 Å². The molecule has 0 fully saturated rings. The summed E-state index contributed by atoms with van der Waals surface area (Å²) in [5.74, 6) is 2.37. The smallest absolute Gasteiger partial charge is 0.150 e. The van der Waals surface area contributed by atoms with Crippen LogP contribution in [0.25, 0.3) is 0 Å². The molecule has 2 heteroatoms. The van der Waals surface area contributed by atoms with Crippen LogP contribution in [0.4, 0.5) is 10.1 Å². The fraction of sp³-hybridized carbons (Fsp3) is 0.333. The normalized spacial score (nSPS) is 10.3. The van der Waals surface area contributed by atoms with E-state index in [1.165, 1.54) is 0 Å². The maximum absolute atomic E-state index is 13.4. The van der Waals surface area contributed by atoms with Crippen molar-refractivity contribution in [3.63, 3.8) is 0 Å². The van der Waals surface area contributed by atoms with Gasteiger partial charge in [0.1, 0.15) is 5.82 Å². The Morgan fingerprint density at radius 3 is 2.50 bits per heavy atom. The highest BCUT2D eigenvalue weighted by Crippen LogP contribution is 2.27. The summed E-state index contributed by atoms with van der Waals surface area (Å²) in [6.07, 6.45) is 5.35. The molecule has 0 saturated heterocycles. The number of rotatable bonds is 1. The first-order valence-corrected chi connectivity index (χ1v) is 4.54. The number of hydrogen-bond donors (Lipinski definition) is 1. The van der Waals surface area contributed by atoms with Crippen molar-refractivity contribution in [3.05, 3.63) is 28.6 Å². The van der Waals surface area contributed by atoms with E-state index in [1.807, 2.05) is 13.8 Å². The van der Waals surface area contributed by atoms with Crippen LogP contribution in [0.3, 0.4) is 0 Å². The van der Waals surface area contributed by atoms with E-state index >= 15 is 0 Å². The van der Waals surface area contributed by atoms with E-state index in [0.29, 0.717) is 11.1 Å². The molecule has 14 heavy (non-hydrogen) atoms. The van der Waals surface area contributed by atoms with Crippen molar-refractivity contribution in [2.75, 3.05) is 5.73 Å². The highest BCUT2D eigenvalue weighted by atomic mass is 19.1. The number of anilines is 1. The fourth-order valence-corrected chi connectivity index (χ4v) is 1.49. The van der Waals surface area contributed by atoms with Gasteiger partial charge in [-0.05, 0) is 24.5 Å². The third kappa shape index (κ3) is 1.58. The summed E-state index contributed by atoms with van der Waals surface area (Å²) in [6, 6.07) is 1.63. The molecule has 0 saturated carbocycles. The standard InChI is InChI=1S/C12H14FN/c1-5-9-8(4)12(13)11(14)6-10(9)7(2)3/h1,6-7H,14H2,2-4H3. The molecule has 1 rings (SSSR count). The summed E-state index contributed by atoms with van der Waals surface area (Å²) in [4.78, 5) is 0. The minimum atomic E-state index is -0.401. The molecule has 0 spiro atoms. The Labute approximate surface area is 84.1 Å². The van der Waals surface area contributed by atoms with Crippen LogP contribution in [0, 0.1) is 25.1 Å². The molecule has 0 bridgehead atoms. The van der Waals surface area contributed by atoms with Crippen LogP contribution in [-0.2, 0) is 0 Å². The Morgan fingerprint density at radius 2 is 2.07 bits per heavy atom. The minimum absolute atomic E-state index is 0.171. The molecule has 2 N–H and O–H groups in total. The van der Waals surface area contributed by atoms with E-state index < -0.39 is 5.82 Å². The molecule has 0 aliphatic rings. The number of halogens is 1. The molecule has 1 nitrogen and oxygen atoms in total. The molecule has 0 heterocycles. The maximum Gasteiger partial charge on any atom is 0.150 e. The van der Waals surface area contributed by atoms with Gasteiger partial charge in [0.15, 0.2) is 0 Å². The third-order valence-electron chi connectivity index (χ3n) is 2.32. The molecule has 74 valence electrons. The molecule has 0 amide bonds. The largest absolute Gasteiger partial charge is 0.396 e. The summed E-state index contributed by atoms with van der Waals surface area (Å²) in [6.45, 7) is 5.67. The number of nitrogen functional groups attached to an aromatic ring is 1. The van der Waals surface area contributed by atoms with E-state index in [-0.39, 0.29) is 11.6 Å². The maximum atomic E-state index is 13.4. The fourth-order valence-electron chi connectivity index (χ4n) is 1.49. The Kier molecular flexibility index (Phi) is 2.81. The molecule has 0 aliphatic carbocycles. The predicted molar refractivity (Wildman–Crippen MR) is 57.6 cm³/mol. The van der Waals surface area contributed by atoms with E-state index in [2.05, 4.69) is 5.92 Å². The van der Waals surface area contributed by atoms with E-state index in [4.69, 9.17) is 12.2 Å². The molecule has 1 aromatic rings. The highest BCUT2D eigenvalue weighted by Gasteiger charge is 2.13. The van der Waals surface area contributed by atoms with Gasteiger partial charge in [-0.2, -0.15) is 0 Å². The van der Waals surface area contributed by atoms with E-state index in [0.717, 1.165) is 5.56 Å². The van der Waals surface area contributed by atoms with Crippen LogP contribution in [0.15, 0.2) is 6.07 Å².